The van der Waals surface area contributed by atoms with Crippen LogP contribution in [0.25, 0.3) is 0 Å². The van der Waals surface area contributed by atoms with Gasteiger partial charge in [0.05, 0.1) is 12.8 Å². The first-order chi connectivity index (χ1) is 12.2. The largest absolute Gasteiger partial charge is 0.495 e. The Morgan fingerprint density at radius 3 is 2.73 bits per heavy atom. The number of anilines is 1. The number of amides is 3. The fourth-order valence-corrected chi connectivity index (χ4v) is 4.05. The summed E-state index contributed by atoms with van der Waals surface area (Å²) < 4.78 is 5.39. The number of hydrogen-bond donors (Lipinski definition) is 2. The Balaban J connectivity index is 0.00000196. The number of halogens is 1. The van der Waals surface area contributed by atoms with Crippen LogP contribution in [-0.2, 0) is 0 Å². The van der Waals surface area contributed by atoms with Crippen LogP contribution in [0.1, 0.15) is 29.6 Å². The molecule has 0 aromatic heterocycles. The van der Waals surface area contributed by atoms with Crippen molar-refractivity contribution in [2.45, 2.75) is 31.3 Å². The summed E-state index contributed by atoms with van der Waals surface area (Å²) in [7, 11) is 1.57. The third kappa shape index (κ3) is 3.46. The Kier molecular flexibility index (Phi) is 5.58. The van der Waals surface area contributed by atoms with Crippen molar-refractivity contribution < 1.29 is 14.3 Å². The van der Waals surface area contributed by atoms with Crippen molar-refractivity contribution in [3.05, 3.63) is 23.8 Å². The van der Waals surface area contributed by atoms with Crippen LogP contribution in [0.15, 0.2) is 18.2 Å². The molecule has 3 saturated heterocycles. The number of urea groups is 1. The second-order valence-corrected chi connectivity index (χ2v) is 6.95. The highest BCUT2D eigenvalue weighted by molar-refractivity contribution is 6.00. The Morgan fingerprint density at radius 2 is 2.00 bits per heavy atom. The maximum absolute atomic E-state index is 13.0. The minimum atomic E-state index is -0.154. The molecule has 142 valence electrons. The van der Waals surface area contributed by atoms with Gasteiger partial charge in [-0.15, -0.1) is 12.4 Å². The minimum Gasteiger partial charge on any atom is -0.495 e. The molecule has 0 saturated carbocycles. The van der Waals surface area contributed by atoms with E-state index in [1.165, 1.54) is 6.42 Å². The normalized spacial score (nSPS) is 24.7. The van der Waals surface area contributed by atoms with Crippen LogP contribution in [0.5, 0.6) is 5.75 Å². The molecule has 26 heavy (non-hydrogen) atoms. The van der Waals surface area contributed by atoms with Crippen LogP contribution >= 0.6 is 12.4 Å². The van der Waals surface area contributed by atoms with E-state index in [4.69, 9.17) is 4.74 Å². The lowest BCUT2D eigenvalue weighted by atomic mass is 10.1. The van der Waals surface area contributed by atoms with Gasteiger partial charge >= 0.3 is 6.03 Å². The van der Waals surface area contributed by atoms with Crippen LogP contribution in [0.4, 0.5) is 10.5 Å². The molecule has 3 heterocycles. The summed E-state index contributed by atoms with van der Waals surface area (Å²) in [5.41, 5.74) is 1.26. The fourth-order valence-electron chi connectivity index (χ4n) is 4.05. The zero-order chi connectivity index (χ0) is 17.4. The summed E-state index contributed by atoms with van der Waals surface area (Å²) in [5.74, 6) is 0.628. The Labute approximate surface area is 159 Å². The summed E-state index contributed by atoms with van der Waals surface area (Å²) >= 11 is 0. The van der Waals surface area contributed by atoms with Gasteiger partial charge < -0.3 is 20.3 Å². The summed E-state index contributed by atoms with van der Waals surface area (Å²) in [6, 6.07) is 6.13. The van der Waals surface area contributed by atoms with Gasteiger partial charge in [-0.25, -0.2) is 4.79 Å². The lowest BCUT2D eigenvalue weighted by Gasteiger charge is -2.25. The maximum atomic E-state index is 13.0. The molecule has 0 aliphatic carbocycles. The topological polar surface area (TPSA) is 73.9 Å². The van der Waals surface area contributed by atoms with Gasteiger partial charge in [0.2, 0.25) is 0 Å². The molecule has 2 bridgehead atoms. The molecule has 8 heteroatoms. The maximum Gasteiger partial charge on any atom is 0.322 e. The molecule has 0 spiro atoms. The van der Waals surface area contributed by atoms with Crippen molar-refractivity contribution in [1.82, 2.24) is 15.5 Å². The van der Waals surface area contributed by atoms with Gasteiger partial charge in [-0.1, -0.05) is 0 Å². The van der Waals surface area contributed by atoms with Crippen molar-refractivity contribution in [2.24, 2.45) is 0 Å². The van der Waals surface area contributed by atoms with Crippen LogP contribution < -0.4 is 20.3 Å². The Bertz CT molecular complexity index is 699. The Morgan fingerprint density at radius 1 is 1.19 bits per heavy atom. The third-order valence-electron chi connectivity index (χ3n) is 5.38. The molecule has 4 rings (SSSR count). The van der Waals surface area contributed by atoms with E-state index in [1.54, 1.807) is 30.2 Å². The zero-order valence-electron chi connectivity index (χ0n) is 14.9. The Hall–Kier alpha value is -1.99. The van der Waals surface area contributed by atoms with Gasteiger partial charge in [-0.2, -0.15) is 0 Å². The second kappa shape index (κ2) is 7.72. The van der Waals surface area contributed by atoms with Crippen molar-refractivity contribution in [2.75, 3.05) is 38.2 Å². The van der Waals surface area contributed by atoms with E-state index in [0.29, 0.717) is 42.2 Å². The predicted molar refractivity (Wildman–Crippen MR) is 101 cm³/mol. The summed E-state index contributed by atoms with van der Waals surface area (Å²) in [4.78, 5) is 28.6. The molecule has 1 aromatic carbocycles. The molecule has 2 N–H and O–H groups in total. The molecule has 3 aliphatic heterocycles. The highest BCUT2D eigenvalue weighted by atomic mass is 35.5. The van der Waals surface area contributed by atoms with E-state index in [9.17, 15) is 9.59 Å². The van der Waals surface area contributed by atoms with Gasteiger partial charge in [0.25, 0.3) is 5.91 Å². The molecular formula is C18H25ClN4O3. The predicted octanol–water partition coefficient (Wildman–Crippen LogP) is 1.61. The van der Waals surface area contributed by atoms with Gasteiger partial charge in [0.15, 0.2) is 0 Å². The number of ether oxygens (including phenoxy) is 1. The number of benzene rings is 1. The fraction of sp³-hybridized carbons (Fsp3) is 0.556. The number of carbonyl (C=O) groups is 2. The number of likely N-dealkylation sites (tertiary alicyclic amines) is 1. The van der Waals surface area contributed by atoms with E-state index in [0.717, 1.165) is 25.9 Å². The van der Waals surface area contributed by atoms with Crippen molar-refractivity contribution >= 4 is 30.0 Å². The molecule has 1 aromatic rings. The van der Waals surface area contributed by atoms with E-state index in [1.807, 2.05) is 4.90 Å². The number of rotatable bonds is 3. The first kappa shape index (κ1) is 18.8. The smallest absolute Gasteiger partial charge is 0.322 e. The van der Waals surface area contributed by atoms with E-state index in [-0.39, 0.29) is 24.3 Å². The lowest BCUT2D eigenvalue weighted by molar-refractivity contribution is 0.0748. The third-order valence-corrected chi connectivity index (χ3v) is 5.38. The first-order valence-electron chi connectivity index (χ1n) is 8.94. The molecule has 7 nitrogen and oxygen atoms in total. The molecule has 2 atom stereocenters. The number of fused-ring (bicyclic) bond motifs is 2. The van der Waals surface area contributed by atoms with Crippen LogP contribution in [0.2, 0.25) is 0 Å². The average Bonchev–Trinajstić information content (AvgIpc) is 3.18. The van der Waals surface area contributed by atoms with E-state index < -0.39 is 0 Å². The number of hydrogen-bond acceptors (Lipinski definition) is 4. The van der Waals surface area contributed by atoms with Gasteiger partial charge in [-0.05, 0) is 37.5 Å². The van der Waals surface area contributed by atoms with Crippen LogP contribution in [0, 0.1) is 0 Å². The highest BCUT2D eigenvalue weighted by Gasteiger charge is 2.32. The SMILES string of the molecule is COc1ccc(C(=O)N2CCC3CCC(C2)N3)cc1N1CCNC1=O.Cl. The minimum absolute atomic E-state index is 0. The lowest BCUT2D eigenvalue weighted by Crippen LogP contribution is -2.39. The summed E-state index contributed by atoms with van der Waals surface area (Å²) in [6.45, 7) is 2.70. The molecule has 3 fully saturated rings. The number of nitrogens with one attached hydrogen (secondary N) is 2. The van der Waals surface area contributed by atoms with E-state index in [2.05, 4.69) is 10.6 Å². The van der Waals surface area contributed by atoms with Crippen molar-refractivity contribution in [1.29, 1.82) is 0 Å². The van der Waals surface area contributed by atoms with Gasteiger partial charge in [0.1, 0.15) is 5.75 Å². The number of carbonyl (C=O) groups excluding carboxylic acids is 2. The van der Waals surface area contributed by atoms with Crippen molar-refractivity contribution in [3.63, 3.8) is 0 Å². The number of methoxy groups -OCH3 is 1. The molecule has 2 unspecified atom stereocenters. The molecule has 3 amide bonds. The standard InChI is InChI=1S/C18H24N4O3.ClH/c1-25-16-5-2-12(10-15(16)22-9-7-19-18(22)24)17(23)21-8-6-13-3-4-14(11-21)20-13;/h2,5,10,13-14,20H,3-4,6-9,11H2,1H3,(H,19,24);1H. The zero-order valence-corrected chi connectivity index (χ0v) is 15.7. The van der Waals surface area contributed by atoms with Crippen LogP contribution in [-0.4, -0.2) is 62.2 Å². The van der Waals surface area contributed by atoms with Gasteiger partial charge in [-0.3, -0.25) is 9.69 Å². The van der Waals surface area contributed by atoms with Crippen molar-refractivity contribution in [3.8, 4) is 5.75 Å². The molecule has 0 radical (unpaired) electrons. The number of nitrogens with zero attached hydrogens (tertiary/aromatic N) is 2. The second-order valence-electron chi connectivity index (χ2n) is 6.95. The highest BCUT2D eigenvalue weighted by Crippen LogP contribution is 2.31. The van der Waals surface area contributed by atoms with E-state index >= 15 is 0 Å². The first-order valence-corrected chi connectivity index (χ1v) is 8.94. The average molecular weight is 381 g/mol. The van der Waals surface area contributed by atoms with Crippen LogP contribution in [0.3, 0.4) is 0 Å². The monoisotopic (exact) mass is 380 g/mol. The van der Waals surface area contributed by atoms with Gasteiger partial charge in [0, 0.05) is 43.8 Å². The quantitative estimate of drug-likeness (QED) is 0.835. The molecule has 3 aliphatic rings. The molecular weight excluding hydrogens is 356 g/mol. The summed E-state index contributed by atoms with van der Waals surface area (Å²) in [5, 5.41) is 6.38. The summed E-state index contributed by atoms with van der Waals surface area (Å²) in [6.07, 6.45) is 3.35.